The molecule has 1 atom stereocenters. The number of anilines is 1. The third-order valence-corrected chi connectivity index (χ3v) is 4.80. The predicted molar refractivity (Wildman–Crippen MR) is 71.5 cm³/mol. The second-order valence-corrected chi connectivity index (χ2v) is 6.23. The summed E-state index contributed by atoms with van der Waals surface area (Å²) in [6, 6.07) is 4.96. The van der Waals surface area contributed by atoms with E-state index in [9.17, 15) is 8.42 Å². The van der Waals surface area contributed by atoms with Crippen LogP contribution in [0.3, 0.4) is 0 Å². The highest BCUT2D eigenvalue weighted by molar-refractivity contribution is 7.90. The van der Waals surface area contributed by atoms with Crippen molar-refractivity contribution in [3.8, 4) is 6.07 Å². The summed E-state index contributed by atoms with van der Waals surface area (Å²) < 4.78 is 28.4. The Bertz CT molecular complexity index is 577. The van der Waals surface area contributed by atoms with E-state index in [0.29, 0.717) is 12.1 Å². The van der Waals surface area contributed by atoms with Gasteiger partial charge in [-0.15, -0.1) is 0 Å². The third kappa shape index (κ3) is 3.22. The minimum atomic E-state index is -3.57. The highest BCUT2D eigenvalue weighted by Crippen LogP contribution is 2.21. The van der Waals surface area contributed by atoms with Crippen LogP contribution in [-0.2, 0) is 10.2 Å². The van der Waals surface area contributed by atoms with E-state index in [1.54, 1.807) is 0 Å². The van der Waals surface area contributed by atoms with Gasteiger partial charge in [0.15, 0.2) is 0 Å². The maximum absolute atomic E-state index is 12.2. The Morgan fingerprint density at radius 3 is 2.84 bits per heavy atom. The maximum Gasteiger partial charge on any atom is 0.303 e. The topological polar surface area (TPSA) is 86.1 Å². The molecule has 1 saturated heterocycles. The van der Waals surface area contributed by atoms with Gasteiger partial charge in [0.25, 0.3) is 0 Å². The first-order chi connectivity index (χ1) is 9.03. The number of nitrogens with zero attached hydrogens (tertiary/aromatic N) is 3. The first-order valence-electron chi connectivity index (χ1n) is 6.18. The van der Waals surface area contributed by atoms with Gasteiger partial charge in [-0.2, -0.15) is 18.0 Å². The molecule has 1 aromatic heterocycles. The lowest BCUT2D eigenvalue weighted by Gasteiger charge is -2.32. The zero-order chi connectivity index (χ0) is 13.9. The Hall–Kier alpha value is -1.65. The number of nitriles is 1. The molecule has 0 aromatic carbocycles. The summed E-state index contributed by atoms with van der Waals surface area (Å²) in [7, 11) is -3.57. The highest BCUT2D eigenvalue weighted by atomic mass is 32.2. The molecule has 1 N–H and O–H groups in total. The Balaban J connectivity index is 2.14. The van der Waals surface area contributed by atoms with E-state index in [2.05, 4.69) is 9.71 Å². The van der Waals surface area contributed by atoms with E-state index in [4.69, 9.17) is 5.26 Å². The second kappa shape index (κ2) is 5.55. The lowest BCUT2D eigenvalue weighted by molar-refractivity contribution is 0.270. The van der Waals surface area contributed by atoms with Gasteiger partial charge in [-0.1, -0.05) is 6.42 Å². The molecule has 6 nitrogen and oxygen atoms in total. The Kier molecular flexibility index (Phi) is 4.02. The van der Waals surface area contributed by atoms with E-state index in [1.165, 1.54) is 22.6 Å². The van der Waals surface area contributed by atoms with Gasteiger partial charge in [-0.05, 0) is 31.9 Å². The molecule has 1 aromatic rings. The van der Waals surface area contributed by atoms with Crippen molar-refractivity contribution in [3.63, 3.8) is 0 Å². The summed E-state index contributed by atoms with van der Waals surface area (Å²) in [5.41, 5.74) is 0.397. The first kappa shape index (κ1) is 13.8. The molecule has 1 fully saturated rings. The normalized spacial score (nSPS) is 20.7. The lowest BCUT2D eigenvalue weighted by atomic mass is 10.1. The molecule has 1 unspecified atom stereocenters. The predicted octanol–water partition coefficient (Wildman–Crippen LogP) is 1.48. The molecular weight excluding hydrogens is 264 g/mol. The van der Waals surface area contributed by atoms with Crippen LogP contribution in [0.25, 0.3) is 0 Å². The van der Waals surface area contributed by atoms with Crippen molar-refractivity contribution in [1.82, 2.24) is 9.29 Å². The number of hydrogen-bond acceptors (Lipinski definition) is 4. The summed E-state index contributed by atoms with van der Waals surface area (Å²) >= 11 is 0. The lowest BCUT2D eigenvalue weighted by Crippen LogP contribution is -2.44. The summed E-state index contributed by atoms with van der Waals surface area (Å²) in [4.78, 5) is 3.92. The van der Waals surface area contributed by atoms with Gasteiger partial charge in [0.1, 0.15) is 11.9 Å². The number of pyridine rings is 1. The molecule has 102 valence electrons. The van der Waals surface area contributed by atoms with E-state index in [1.807, 2.05) is 13.0 Å². The fourth-order valence-electron chi connectivity index (χ4n) is 2.14. The van der Waals surface area contributed by atoms with Crippen molar-refractivity contribution in [3.05, 3.63) is 23.9 Å². The molecule has 0 spiro atoms. The molecule has 1 aliphatic heterocycles. The maximum atomic E-state index is 12.2. The SMILES string of the molecule is CC1CCCCN1S(=O)(=O)Nc1ccc(C#N)cn1. The molecule has 0 saturated carbocycles. The second-order valence-electron chi connectivity index (χ2n) is 4.61. The van der Waals surface area contributed by atoms with Gasteiger partial charge < -0.3 is 0 Å². The van der Waals surface area contributed by atoms with Crippen molar-refractivity contribution < 1.29 is 8.42 Å². The molecule has 7 heteroatoms. The van der Waals surface area contributed by atoms with Crippen molar-refractivity contribution in [2.45, 2.75) is 32.2 Å². The fraction of sp³-hybridized carbons (Fsp3) is 0.500. The first-order valence-corrected chi connectivity index (χ1v) is 7.62. The van der Waals surface area contributed by atoms with Gasteiger partial charge in [0, 0.05) is 18.8 Å². The average Bonchev–Trinajstić information content (AvgIpc) is 2.39. The van der Waals surface area contributed by atoms with Crippen LogP contribution in [0.1, 0.15) is 31.7 Å². The van der Waals surface area contributed by atoms with Crippen LogP contribution in [0, 0.1) is 11.3 Å². The largest absolute Gasteiger partial charge is 0.303 e. The molecular formula is C12H16N4O2S. The minimum absolute atomic E-state index is 0.00429. The fourth-order valence-corrected chi connectivity index (χ4v) is 3.59. The Morgan fingerprint density at radius 1 is 1.47 bits per heavy atom. The third-order valence-electron chi connectivity index (χ3n) is 3.18. The van der Waals surface area contributed by atoms with E-state index >= 15 is 0 Å². The summed E-state index contributed by atoms with van der Waals surface area (Å²) in [6.07, 6.45) is 4.16. The number of rotatable bonds is 3. The van der Waals surface area contributed by atoms with Crippen LogP contribution >= 0.6 is 0 Å². The number of hydrogen-bond donors (Lipinski definition) is 1. The zero-order valence-corrected chi connectivity index (χ0v) is 11.5. The van der Waals surface area contributed by atoms with Gasteiger partial charge in [-0.3, -0.25) is 4.72 Å². The van der Waals surface area contributed by atoms with Crippen LogP contribution in [0.5, 0.6) is 0 Å². The molecule has 0 amide bonds. The van der Waals surface area contributed by atoms with Crippen molar-refractivity contribution in [2.24, 2.45) is 0 Å². The monoisotopic (exact) mass is 280 g/mol. The van der Waals surface area contributed by atoms with E-state index < -0.39 is 10.2 Å². The molecule has 2 heterocycles. The highest BCUT2D eigenvalue weighted by Gasteiger charge is 2.29. The van der Waals surface area contributed by atoms with Crippen molar-refractivity contribution in [2.75, 3.05) is 11.3 Å². The Labute approximate surface area is 113 Å². The number of nitrogens with one attached hydrogen (secondary N) is 1. The van der Waals surface area contributed by atoms with Gasteiger partial charge in [0.05, 0.1) is 5.56 Å². The van der Waals surface area contributed by atoms with Crippen LogP contribution in [0.4, 0.5) is 5.82 Å². The summed E-state index contributed by atoms with van der Waals surface area (Å²) in [5.74, 6) is 0.233. The van der Waals surface area contributed by atoms with Crippen LogP contribution in [-0.4, -0.2) is 30.3 Å². The van der Waals surface area contributed by atoms with Gasteiger partial charge >= 0.3 is 10.2 Å². The quantitative estimate of drug-likeness (QED) is 0.908. The molecule has 19 heavy (non-hydrogen) atoms. The number of piperidine rings is 1. The van der Waals surface area contributed by atoms with E-state index in [0.717, 1.165) is 19.3 Å². The summed E-state index contributed by atoms with van der Waals surface area (Å²) in [5, 5.41) is 8.66. The van der Waals surface area contributed by atoms with Crippen LogP contribution in [0.2, 0.25) is 0 Å². The van der Waals surface area contributed by atoms with Crippen LogP contribution in [0.15, 0.2) is 18.3 Å². The van der Waals surface area contributed by atoms with Crippen molar-refractivity contribution in [1.29, 1.82) is 5.26 Å². The van der Waals surface area contributed by atoms with E-state index in [-0.39, 0.29) is 11.9 Å². The number of aromatic nitrogens is 1. The standard InChI is InChI=1S/C12H16N4O2S/c1-10-4-2-3-7-16(10)19(17,18)15-12-6-5-11(8-13)9-14-12/h5-6,9-10H,2-4,7H2,1H3,(H,14,15). The van der Waals surface area contributed by atoms with Crippen molar-refractivity contribution >= 4 is 16.0 Å². The molecule has 0 aliphatic carbocycles. The van der Waals surface area contributed by atoms with Crippen LogP contribution < -0.4 is 4.72 Å². The zero-order valence-electron chi connectivity index (χ0n) is 10.7. The molecule has 2 rings (SSSR count). The molecule has 0 bridgehead atoms. The summed E-state index contributed by atoms with van der Waals surface area (Å²) in [6.45, 7) is 2.44. The average molecular weight is 280 g/mol. The molecule has 0 radical (unpaired) electrons. The smallest absolute Gasteiger partial charge is 0.254 e. The Morgan fingerprint density at radius 2 is 2.26 bits per heavy atom. The molecule has 1 aliphatic rings. The van der Waals surface area contributed by atoms with Gasteiger partial charge in [-0.25, -0.2) is 4.98 Å². The van der Waals surface area contributed by atoms with Gasteiger partial charge in [0.2, 0.25) is 0 Å². The minimum Gasteiger partial charge on any atom is -0.254 e.